The highest BCUT2D eigenvalue weighted by Crippen LogP contribution is 2.38. The van der Waals surface area contributed by atoms with Crippen LogP contribution in [0, 0.1) is 0 Å². The number of thiophene rings is 1. The van der Waals surface area contributed by atoms with Gasteiger partial charge in [-0.2, -0.15) is 0 Å². The van der Waals surface area contributed by atoms with Crippen molar-refractivity contribution >= 4 is 44.9 Å². The molecule has 0 spiro atoms. The molecule has 1 N–H and O–H groups in total. The maximum Gasteiger partial charge on any atom is 0.231 e. The lowest BCUT2D eigenvalue weighted by Gasteiger charge is -2.37. The van der Waals surface area contributed by atoms with Gasteiger partial charge in [0.1, 0.15) is 17.0 Å². The van der Waals surface area contributed by atoms with Crippen LogP contribution in [0.1, 0.15) is 35.8 Å². The van der Waals surface area contributed by atoms with Crippen LogP contribution < -0.4 is 10.2 Å². The molecule has 2 aliphatic heterocycles. The Hall–Kier alpha value is -2.26. The van der Waals surface area contributed by atoms with Crippen LogP contribution in [0.25, 0.3) is 10.2 Å². The molecule has 1 atom stereocenters. The number of hydrogen-bond donors (Lipinski definition) is 1. The predicted octanol–water partition coefficient (Wildman–Crippen LogP) is 3.85. The number of halogens is 1. The van der Waals surface area contributed by atoms with Gasteiger partial charge in [0, 0.05) is 48.7 Å². The minimum absolute atomic E-state index is 0.160. The van der Waals surface area contributed by atoms with Gasteiger partial charge in [-0.3, -0.25) is 4.79 Å². The Morgan fingerprint density at radius 1 is 1.18 bits per heavy atom. The second-order valence-corrected chi connectivity index (χ2v) is 10.7. The molecule has 1 amide bonds. The number of ether oxygens (including phenoxy) is 1. The van der Waals surface area contributed by atoms with Crippen LogP contribution in [0.3, 0.4) is 0 Å². The third kappa shape index (κ3) is 4.77. The molecule has 1 aromatic carbocycles. The first-order chi connectivity index (χ1) is 16.5. The van der Waals surface area contributed by atoms with Crippen molar-refractivity contribution in [3.05, 3.63) is 51.6 Å². The number of aromatic nitrogens is 2. The molecule has 0 aliphatic carbocycles. The lowest BCUT2D eigenvalue weighted by atomic mass is 9.96. The molecule has 0 bridgehead atoms. The number of anilines is 1. The summed E-state index contributed by atoms with van der Waals surface area (Å²) in [6.45, 7) is 9.05. The zero-order chi connectivity index (χ0) is 23.7. The topological polar surface area (TPSA) is 70.6 Å². The Morgan fingerprint density at radius 2 is 1.94 bits per heavy atom. The Balaban J connectivity index is 1.32. The van der Waals surface area contributed by atoms with Gasteiger partial charge in [0.2, 0.25) is 5.91 Å². The van der Waals surface area contributed by atoms with E-state index in [4.69, 9.17) is 16.3 Å². The van der Waals surface area contributed by atoms with E-state index in [0.717, 1.165) is 42.3 Å². The highest BCUT2D eigenvalue weighted by Gasteiger charge is 2.30. The average molecular weight is 500 g/mol. The normalized spacial score (nSPS) is 17.3. The zero-order valence-electron chi connectivity index (χ0n) is 19.6. The third-order valence-electron chi connectivity index (χ3n) is 6.57. The molecule has 2 aliphatic rings. The lowest BCUT2D eigenvalue weighted by Crippen LogP contribution is -2.51. The Kier molecular flexibility index (Phi) is 7.01. The third-order valence-corrected chi connectivity index (χ3v) is 7.94. The summed E-state index contributed by atoms with van der Waals surface area (Å²) in [4.78, 5) is 29.4. The van der Waals surface area contributed by atoms with E-state index in [9.17, 15) is 4.79 Å². The van der Waals surface area contributed by atoms with E-state index >= 15 is 0 Å². The highest BCUT2D eigenvalue weighted by atomic mass is 35.5. The van der Waals surface area contributed by atoms with E-state index in [2.05, 4.69) is 34.0 Å². The van der Waals surface area contributed by atoms with Gasteiger partial charge in [-0.15, -0.1) is 11.3 Å². The van der Waals surface area contributed by atoms with Crippen molar-refractivity contribution in [2.45, 2.75) is 38.8 Å². The van der Waals surface area contributed by atoms with E-state index in [-0.39, 0.29) is 11.8 Å². The molecule has 7 nitrogen and oxygen atoms in total. The van der Waals surface area contributed by atoms with Gasteiger partial charge in [0.15, 0.2) is 0 Å². The maximum absolute atomic E-state index is 13.6. The van der Waals surface area contributed by atoms with Crippen LogP contribution in [-0.2, 0) is 22.6 Å². The minimum Gasteiger partial charge on any atom is -0.376 e. The number of carbonyl (C=O) groups is 1. The molecule has 5 rings (SSSR count). The Morgan fingerprint density at radius 3 is 2.68 bits per heavy atom. The predicted molar refractivity (Wildman–Crippen MR) is 137 cm³/mol. The first-order valence-corrected chi connectivity index (χ1v) is 13.1. The maximum atomic E-state index is 13.6. The molecule has 0 saturated carbocycles. The van der Waals surface area contributed by atoms with Crippen molar-refractivity contribution in [3.8, 4) is 0 Å². The van der Waals surface area contributed by atoms with Gasteiger partial charge in [0.05, 0.1) is 24.5 Å². The van der Waals surface area contributed by atoms with Crippen molar-refractivity contribution in [2.75, 3.05) is 44.2 Å². The van der Waals surface area contributed by atoms with E-state index < -0.39 is 0 Å². The zero-order valence-corrected chi connectivity index (χ0v) is 21.2. The van der Waals surface area contributed by atoms with Crippen LogP contribution in [0.15, 0.2) is 30.6 Å². The molecular weight excluding hydrogens is 470 g/mol. The molecule has 9 heteroatoms. The van der Waals surface area contributed by atoms with Gasteiger partial charge in [0.25, 0.3) is 0 Å². The summed E-state index contributed by atoms with van der Waals surface area (Å²) in [5.41, 5.74) is 2.33. The Bertz CT molecular complexity index is 1160. The molecule has 2 aromatic heterocycles. The van der Waals surface area contributed by atoms with Crippen LogP contribution >= 0.6 is 22.9 Å². The largest absolute Gasteiger partial charge is 0.376 e. The average Bonchev–Trinajstić information content (AvgIpc) is 3.24. The SMILES string of the molecule is CC(C)NCC(C(=O)N1CCN(c2ncnc3sc4c(c23)CCOC4)CC1)c1ccc(Cl)cc1. The molecule has 1 saturated heterocycles. The van der Waals surface area contributed by atoms with Crippen molar-refractivity contribution in [3.63, 3.8) is 0 Å². The van der Waals surface area contributed by atoms with Crippen LogP contribution in [0.2, 0.25) is 5.02 Å². The highest BCUT2D eigenvalue weighted by molar-refractivity contribution is 7.18. The van der Waals surface area contributed by atoms with Crippen LogP contribution in [-0.4, -0.2) is 66.1 Å². The van der Waals surface area contributed by atoms with Crippen LogP contribution in [0.5, 0.6) is 0 Å². The molecule has 0 radical (unpaired) electrons. The summed E-state index contributed by atoms with van der Waals surface area (Å²) in [5, 5.41) is 5.29. The number of amides is 1. The van der Waals surface area contributed by atoms with Crippen LogP contribution in [0.4, 0.5) is 5.82 Å². The molecule has 180 valence electrons. The van der Waals surface area contributed by atoms with Crippen molar-refractivity contribution < 1.29 is 9.53 Å². The fraction of sp³-hybridized carbons (Fsp3) is 0.480. The molecular formula is C25H30ClN5O2S. The molecule has 1 fully saturated rings. The molecule has 1 unspecified atom stereocenters. The summed E-state index contributed by atoms with van der Waals surface area (Å²) in [5.74, 6) is 0.918. The number of carbonyl (C=O) groups excluding carboxylic acids is 1. The number of piperazine rings is 1. The second kappa shape index (κ2) is 10.2. The summed E-state index contributed by atoms with van der Waals surface area (Å²) < 4.78 is 5.64. The number of fused-ring (bicyclic) bond motifs is 3. The van der Waals surface area contributed by atoms with Gasteiger partial charge >= 0.3 is 0 Å². The van der Waals surface area contributed by atoms with Crippen molar-refractivity contribution in [1.29, 1.82) is 0 Å². The van der Waals surface area contributed by atoms with E-state index in [0.29, 0.717) is 37.3 Å². The van der Waals surface area contributed by atoms with E-state index in [1.54, 1.807) is 17.7 Å². The monoisotopic (exact) mass is 499 g/mol. The van der Waals surface area contributed by atoms with E-state index in [1.165, 1.54) is 15.8 Å². The number of nitrogens with one attached hydrogen (secondary N) is 1. The quantitative estimate of drug-likeness (QED) is 0.555. The first-order valence-electron chi connectivity index (χ1n) is 11.9. The van der Waals surface area contributed by atoms with Gasteiger partial charge in [-0.1, -0.05) is 37.6 Å². The summed E-state index contributed by atoms with van der Waals surface area (Å²) >= 11 is 7.80. The fourth-order valence-electron chi connectivity index (χ4n) is 4.74. The first kappa shape index (κ1) is 23.5. The number of nitrogens with zero attached hydrogens (tertiary/aromatic N) is 4. The van der Waals surface area contributed by atoms with E-state index in [1.807, 2.05) is 29.2 Å². The molecule has 4 heterocycles. The van der Waals surface area contributed by atoms with Crippen molar-refractivity contribution in [1.82, 2.24) is 20.2 Å². The fourth-order valence-corrected chi connectivity index (χ4v) is 5.98. The minimum atomic E-state index is -0.235. The number of benzene rings is 1. The number of hydrogen-bond acceptors (Lipinski definition) is 7. The van der Waals surface area contributed by atoms with Crippen molar-refractivity contribution in [2.24, 2.45) is 0 Å². The summed E-state index contributed by atoms with van der Waals surface area (Å²) in [6.07, 6.45) is 2.56. The van der Waals surface area contributed by atoms with Gasteiger partial charge < -0.3 is 19.9 Å². The number of rotatable bonds is 6. The second-order valence-electron chi connectivity index (χ2n) is 9.16. The molecule has 34 heavy (non-hydrogen) atoms. The smallest absolute Gasteiger partial charge is 0.231 e. The lowest BCUT2D eigenvalue weighted by molar-refractivity contribution is -0.133. The summed E-state index contributed by atoms with van der Waals surface area (Å²) in [7, 11) is 0. The van der Waals surface area contributed by atoms with Gasteiger partial charge in [-0.05, 0) is 29.7 Å². The molecule has 3 aromatic rings. The Labute approximate surface area is 209 Å². The van der Waals surface area contributed by atoms with Gasteiger partial charge in [-0.25, -0.2) is 9.97 Å². The standard InChI is InChI=1S/C25H30ClN5O2S/c1-16(2)27-13-20(17-3-5-18(26)6-4-17)25(32)31-10-8-30(9-11-31)23-22-19-7-12-33-14-21(19)34-24(22)29-15-28-23/h3-6,15-16,20,27H,7-14H2,1-2H3. The summed E-state index contributed by atoms with van der Waals surface area (Å²) in [6, 6.07) is 7.95.